The summed E-state index contributed by atoms with van der Waals surface area (Å²) < 4.78 is 43.4. The fourth-order valence-electron chi connectivity index (χ4n) is 2.90. The number of hydrogen-bond acceptors (Lipinski definition) is 4. The maximum atomic E-state index is 12.6. The van der Waals surface area contributed by atoms with Gasteiger partial charge in [-0.15, -0.1) is 0 Å². The van der Waals surface area contributed by atoms with E-state index in [1.54, 1.807) is 24.3 Å². The van der Waals surface area contributed by atoms with E-state index < -0.39 is 18.5 Å². The lowest BCUT2D eigenvalue weighted by Gasteiger charge is -2.11. The Kier molecular flexibility index (Phi) is 5.81. The Morgan fingerprint density at radius 1 is 1.10 bits per heavy atom. The van der Waals surface area contributed by atoms with E-state index in [2.05, 4.69) is 9.97 Å². The van der Waals surface area contributed by atoms with Crippen molar-refractivity contribution in [3.05, 3.63) is 71.7 Å². The second-order valence-electron chi connectivity index (χ2n) is 6.39. The standard InChI is InChI=1S/C21H18F3N3O2/c1-2-14-8-15(3-4-18(14)20(25)28)19-9-16(5-6-27-19)29-17-7-13(11-26-12-17)10-21(22,23)24/h3-9,11-12H,2,10H2,1H3,(H2,25,28). The molecule has 150 valence electrons. The number of nitrogens with zero attached hydrogens (tertiary/aromatic N) is 2. The zero-order chi connectivity index (χ0) is 21.0. The Bertz CT molecular complexity index is 1040. The first kappa shape index (κ1) is 20.3. The number of nitrogens with two attached hydrogens (primary N) is 1. The number of aromatic nitrogens is 2. The second kappa shape index (κ2) is 8.30. The summed E-state index contributed by atoms with van der Waals surface area (Å²) in [6.07, 6.45) is -0.740. The molecular formula is C21H18F3N3O2. The van der Waals surface area contributed by atoms with Crippen LogP contribution in [0.25, 0.3) is 11.3 Å². The molecular weight excluding hydrogens is 383 g/mol. The van der Waals surface area contributed by atoms with Crippen molar-refractivity contribution in [2.75, 3.05) is 0 Å². The summed E-state index contributed by atoms with van der Waals surface area (Å²) in [6.45, 7) is 1.92. The first-order chi connectivity index (χ1) is 13.7. The Morgan fingerprint density at radius 3 is 2.59 bits per heavy atom. The smallest absolute Gasteiger partial charge is 0.393 e. The zero-order valence-electron chi connectivity index (χ0n) is 15.5. The number of hydrogen-bond donors (Lipinski definition) is 1. The molecule has 0 spiro atoms. The summed E-state index contributed by atoms with van der Waals surface area (Å²) >= 11 is 0. The van der Waals surface area contributed by atoms with Crippen LogP contribution in [-0.4, -0.2) is 22.1 Å². The molecule has 8 heteroatoms. The van der Waals surface area contributed by atoms with E-state index >= 15 is 0 Å². The Labute approximate surface area is 165 Å². The van der Waals surface area contributed by atoms with Gasteiger partial charge in [-0.2, -0.15) is 13.2 Å². The SMILES string of the molecule is CCc1cc(-c2cc(Oc3cncc(CC(F)(F)F)c3)ccn2)ccc1C(N)=O. The Morgan fingerprint density at radius 2 is 1.90 bits per heavy atom. The highest BCUT2D eigenvalue weighted by molar-refractivity contribution is 5.95. The largest absolute Gasteiger partial charge is 0.456 e. The van der Waals surface area contributed by atoms with Gasteiger partial charge in [0.1, 0.15) is 11.5 Å². The molecule has 0 atom stereocenters. The molecule has 3 aromatic rings. The van der Waals surface area contributed by atoms with Gasteiger partial charge in [0.2, 0.25) is 5.91 Å². The lowest BCUT2D eigenvalue weighted by Crippen LogP contribution is -2.13. The lowest BCUT2D eigenvalue weighted by atomic mass is 9.99. The van der Waals surface area contributed by atoms with Crippen molar-refractivity contribution in [3.8, 4) is 22.8 Å². The predicted octanol–water partition coefficient (Wildman–Crippen LogP) is 4.70. The predicted molar refractivity (Wildman–Crippen MR) is 102 cm³/mol. The van der Waals surface area contributed by atoms with Crippen LogP contribution in [0.3, 0.4) is 0 Å². The first-order valence-corrected chi connectivity index (χ1v) is 8.83. The molecule has 29 heavy (non-hydrogen) atoms. The number of ether oxygens (including phenoxy) is 1. The van der Waals surface area contributed by atoms with Gasteiger partial charge < -0.3 is 10.5 Å². The number of carbonyl (C=O) groups excluding carboxylic acids is 1. The normalized spacial score (nSPS) is 11.3. The molecule has 0 saturated carbocycles. The number of halogens is 3. The van der Waals surface area contributed by atoms with Gasteiger partial charge in [-0.3, -0.25) is 14.8 Å². The molecule has 2 aromatic heterocycles. The summed E-state index contributed by atoms with van der Waals surface area (Å²) in [5.41, 5.74) is 8.01. The van der Waals surface area contributed by atoms with Crippen LogP contribution in [0.5, 0.6) is 11.5 Å². The van der Waals surface area contributed by atoms with E-state index in [1.807, 2.05) is 13.0 Å². The van der Waals surface area contributed by atoms with Crippen LogP contribution in [-0.2, 0) is 12.8 Å². The highest BCUT2D eigenvalue weighted by Crippen LogP contribution is 2.28. The van der Waals surface area contributed by atoms with Crippen LogP contribution in [0.15, 0.2) is 55.0 Å². The molecule has 0 saturated heterocycles. The van der Waals surface area contributed by atoms with Gasteiger partial charge in [0.05, 0.1) is 18.3 Å². The molecule has 0 bridgehead atoms. The molecule has 1 aromatic carbocycles. The summed E-state index contributed by atoms with van der Waals surface area (Å²) in [5.74, 6) is 0.102. The summed E-state index contributed by atoms with van der Waals surface area (Å²) in [5, 5.41) is 0. The quantitative estimate of drug-likeness (QED) is 0.649. The lowest BCUT2D eigenvalue weighted by molar-refractivity contribution is -0.127. The average molecular weight is 401 g/mol. The summed E-state index contributed by atoms with van der Waals surface area (Å²) in [7, 11) is 0. The van der Waals surface area contributed by atoms with Crippen LogP contribution in [0, 0.1) is 0 Å². The summed E-state index contributed by atoms with van der Waals surface area (Å²) in [4.78, 5) is 19.6. The molecule has 2 heterocycles. The number of aryl methyl sites for hydroxylation is 1. The number of carbonyl (C=O) groups is 1. The van der Waals surface area contributed by atoms with Crippen molar-refractivity contribution < 1.29 is 22.7 Å². The number of pyridine rings is 2. The maximum Gasteiger partial charge on any atom is 0.393 e. The van der Waals surface area contributed by atoms with Crippen LogP contribution in [0.4, 0.5) is 13.2 Å². The molecule has 0 aliphatic heterocycles. The van der Waals surface area contributed by atoms with E-state index in [4.69, 9.17) is 10.5 Å². The molecule has 3 rings (SSSR count). The van der Waals surface area contributed by atoms with Crippen molar-refractivity contribution >= 4 is 5.91 Å². The minimum atomic E-state index is -4.32. The van der Waals surface area contributed by atoms with Crippen molar-refractivity contribution in [2.45, 2.75) is 25.9 Å². The van der Waals surface area contributed by atoms with Gasteiger partial charge in [-0.1, -0.05) is 13.0 Å². The highest BCUT2D eigenvalue weighted by Gasteiger charge is 2.27. The van der Waals surface area contributed by atoms with E-state index in [9.17, 15) is 18.0 Å². The van der Waals surface area contributed by atoms with Gasteiger partial charge in [0, 0.05) is 29.6 Å². The van der Waals surface area contributed by atoms with Crippen LogP contribution < -0.4 is 10.5 Å². The highest BCUT2D eigenvalue weighted by atomic mass is 19.4. The number of rotatable bonds is 6. The third-order valence-corrected chi connectivity index (χ3v) is 4.19. The third kappa shape index (κ3) is 5.31. The Hall–Kier alpha value is -3.42. The fraction of sp³-hybridized carbons (Fsp3) is 0.190. The second-order valence-corrected chi connectivity index (χ2v) is 6.39. The van der Waals surface area contributed by atoms with Crippen molar-refractivity contribution in [3.63, 3.8) is 0 Å². The monoisotopic (exact) mass is 401 g/mol. The van der Waals surface area contributed by atoms with E-state index in [0.717, 1.165) is 17.3 Å². The van der Waals surface area contributed by atoms with Crippen molar-refractivity contribution in [2.24, 2.45) is 5.73 Å². The minimum absolute atomic E-state index is 0.0129. The van der Waals surface area contributed by atoms with Gasteiger partial charge in [-0.05, 0) is 41.8 Å². The first-order valence-electron chi connectivity index (χ1n) is 8.83. The van der Waals surface area contributed by atoms with E-state index in [-0.39, 0.29) is 11.3 Å². The number of benzene rings is 1. The maximum absolute atomic E-state index is 12.6. The fourth-order valence-corrected chi connectivity index (χ4v) is 2.90. The molecule has 0 fully saturated rings. The Balaban J connectivity index is 1.85. The van der Waals surface area contributed by atoms with Gasteiger partial charge in [0.15, 0.2) is 0 Å². The number of primary amides is 1. The third-order valence-electron chi connectivity index (χ3n) is 4.19. The molecule has 0 aliphatic rings. The van der Waals surface area contributed by atoms with Gasteiger partial charge in [-0.25, -0.2) is 0 Å². The van der Waals surface area contributed by atoms with E-state index in [1.165, 1.54) is 18.5 Å². The topological polar surface area (TPSA) is 78.1 Å². The van der Waals surface area contributed by atoms with Crippen molar-refractivity contribution in [1.29, 1.82) is 0 Å². The van der Waals surface area contributed by atoms with Crippen LogP contribution in [0.1, 0.15) is 28.4 Å². The van der Waals surface area contributed by atoms with Gasteiger partial charge in [0.25, 0.3) is 0 Å². The minimum Gasteiger partial charge on any atom is -0.456 e. The number of alkyl halides is 3. The van der Waals surface area contributed by atoms with Gasteiger partial charge >= 0.3 is 6.18 Å². The molecule has 0 aliphatic carbocycles. The van der Waals surface area contributed by atoms with E-state index in [0.29, 0.717) is 23.4 Å². The molecule has 5 nitrogen and oxygen atoms in total. The molecule has 0 unspecified atom stereocenters. The summed E-state index contributed by atoms with van der Waals surface area (Å²) in [6, 6.07) is 9.77. The molecule has 1 amide bonds. The molecule has 0 radical (unpaired) electrons. The average Bonchev–Trinajstić information content (AvgIpc) is 2.66. The molecule has 2 N–H and O–H groups in total. The number of amides is 1. The van der Waals surface area contributed by atoms with Crippen LogP contribution >= 0.6 is 0 Å². The zero-order valence-corrected chi connectivity index (χ0v) is 15.5. The van der Waals surface area contributed by atoms with Crippen molar-refractivity contribution in [1.82, 2.24) is 9.97 Å². The van der Waals surface area contributed by atoms with Crippen LogP contribution in [0.2, 0.25) is 0 Å².